The van der Waals surface area contributed by atoms with Crippen molar-refractivity contribution < 1.29 is 18.9 Å². The zero-order valence-corrected chi connectivity index (χ0v) is 32.1. The van der Waals surface area contributed by atoms with E-state index in [4.69, 9.17) is 63.5 Å². The van der Waals surface area contributed by atoms with Crippen LogP contribution in [0.2, 0.25) is 0 Å². The van der Waals surface area contributed by atoms with E-state index in [0.29, 0.717) is 63.1 Å². The second-order valence-electron chi connectivity index (χ2n) is 10.9. The van der Waals surface area contributed by atoms with Crippen molar-refractivity contribution >= 4 is 87.1 Å². The quantitative estimate of drug-likeness (QED) is 0.0457. The number of nitrogen functional groups attached to an aromatic ring is 4. The molecule has 0 heterocycles. The number of hydrogen-bond donors (Lipinski definition) is 8. The fourth-order valence-corrected chi connectivity index (χ4v) is 6.29. The van der Waals surface area contributed by atoms with Crippen LogP contribution in [0.15, 0.2) is 90.7 Å². The molecule has 0 saturated carbocycles. The first kappa shape index (κ1) is 37.7. The summed E-state index contributed by atoms with van der Waals surface area (Å²) in [7, 11) is 0. The van der Waals surface area contributed by atoms with Crippen molar-refractivity contribution in [3.63, 3.8) is 0 Å². The van der Waals surface area contributed by atoms with Gasteiger partial charge in [-0.05, 0) is 137 Å². The molecule has 0 amide bonds. The summed E-state index contributed by atoms with van der Waals surface area (Å²) in [6.45, 7) is 0.113. The number of hydrogen-bond acceptors (Lipinski definition) is 8. The highest BCUT2D eigenvalue weighted by Crippen LogP contribution is 2.35. The van der Waals surface area contributed by atoms with Crippen molar-refractivity contribution in [2.45, 2.75) is 0 Å². The summed E-state index contributed by atoms with van der Waals surface area (Å²) in [6, 6.07) is 20.3. The van der Waals surface area contributed by atoms with E-state index in [9.17, 15) is 0 Å². The Bertz CT molecular complexity index is 1650. The number of nitrogens with two attached hydrogens (primary N) is 4. The summed E-state index contributed by atoms with van der Waals surface area (Å²) in [5.74, 6) is 1.62. The zero-order chi connectivity index (χ0) is 35.9. The predicted molar refractivity (Wildman–Crippen MR) is 205 cm³/mol. The SMILES string of the molecule is N=C(N)c1ccc(OCC(COc2ccc(C(=N)N)cc2Br)(COc2ccc(C(=N)N)cc2Br)COc2ccc(C(=N)N)cc2Br)c(Br)c1. The molecule has 4 rings (SSSR count). The number of rotatable bonds is 16. The second kappa shape index (κ2) is 16.5. The summed E-state index contributed by atoms with van der Waals surface area (Å²) in [5, 5.41) is 31.1. The topological polar surface area (TPSA) is 236 Å². The number of halogens is 4. The maximum Gasteiger partial charge on any atom is 0.133 e. The van der Waals surface area contributed by atoms with Crippen molar-refractivity contribution in [3.05, 3.63) is 113 Å². The maximum absolute atomic E-state index is 7.77. The number of ether oxygens (including phenoxy) is 4. The lowest BCUT2D eigenvalue weighted by Crippen LogP contribution is -2.45. The third-order valence-electron chi connectivity index (χ3n) is 7.11. The first-order valence-corrected chi connectivity index (χ1v) is 17.4. The molecule has 0 saturated heterocycles. The zero-order valence-electron chi connectivity index (χ0n) is 25.7. The minimum atomic E-state index is -1.01. The normalized spacial score (nSPS) is 12.0. The van der Waals surface area contributed by atoms with Crippen molar-refractivity contribution in [1.29, 1.82) is 21.6 Å². The lowest BCUT2D eigenvalue weighted by atomic mass is 9.92. The molecular formula is C33H32Br4N8O4. The smallest absolute Gasteiger partial charge is 0.133 e. The fraction of sp³-hybridized carbons (Fsp3) is 0.152. The van der Waals surface area contributed by atoms with Crippen molar-refractivity contribution in [2.75, 3.05) is 26.4 Å². The molecule has 0 aliphatic heterocycles. The molecule has 4 aromatic rings. The minimum absolute atomic E-state index is 0.0282. The predicted octanol–water partition coefficient (Wildman–Crippen LogP) is 6.48. The molecule has 0 unspecified atom stereocenters. The molecular weight excluding hydrogens is 892 g/mol. The molecule has 0 aliphatic rings. The van der Waals surface area contributed by atoms with Crippen LogP contribution in [-0.2, 0) is 0 Å². The highest BCUT2D eigenvalue weighted by atomic mass is 79.9. The van der Waals surface area contributed by atoms with Crippen molar-refractivity contribution in [3.8, 4) is 23.0 Å². The summed E-state index contributed by atoms with van der Waals surface area (Å²) >= 11 is 14.1. The molecule has 0 aliphatic carbocycles. The van der Waals surface area contributed by atoms with Gasteiger partial charge in [0.25, 0.3) is 0 Å². The molecule has 49 heavy (non-hydrogen) atoms. The molecule has 4 aromatic carbocycles. The molecule has 0 bridgehead atoms. The Morgan fingerprint density at radius 1 is 0.429 bits per heavy atom. The van der Waals surface area contributed by atoms with Crippen LogP contribution in [0.25, 0.3) is 0 Å². The summed E-state index contributed by atoms with van der Waals surface area (Å²) < 4.78 is 27.9. The highest BCUT2D eigenvalue weighted by molar-refractivity contribution is 9.11. The van der Waals surface area contributed by atoms with Crippen LogP contribution in [0.1, 0.15) is 22.3 Å². The van der Waals surface area contributed by atoms with Gasteiger partial charge in [0, 0.05) is 22.3 Å². The van der Waals surface area contributed by atoms with E-state index in [1.54, 1.807) is 72.8 Å². The van der Waals surface area contributed by atoms with Gasteiger partial charge in [-0.1, -0.05) is 0 Å². The Morgan fingerprint density at radius 3 is 0.796 bits per heavy atom. The average molecular weight is 924 g/mol. The van der Waals surface area contributed by atoms with Crippen LogP contribution in [-0.4, -0.2) is 49.8 Å². The first-order valence-electron chi connectivity index (χ1n) is 14.2. The van der Waals surface area contributed by atoms with Gasteiger partial charge in [-0.2, -0.15) is 0 Å². The Morgan fingerprint density at radius 2 is 0.633 bits per heavy atom. The Balaban J connectivity index is 1.73. The molecule has 256 valence electrons. The van der Waals surface area contributed by atoms with E-state index in [2.05, 4.69) is 63.7 Å². The van der Waals surface area contributed by atoms with Gasteiger partial charge in [0.05, 0.1) is 17.9 Å². The monoisotopic (exact) mass is 920 g/mol. The van der Waals surface area contributed by atoms with E-state index in [0.717, 1.165) is 0 Å². The Kier molecular flexibility index (Phi) is 12.7. The Hall–Kier alpha value is -4.12. The fourth-order valence-electron chi connectivity index (χ4n) is 4.32. The molecule has 0 spiro atoms. The standard InChI is InChI=1S/C33H32Br4N8O4/c34-21-9-17(29(38)39)1-5-25(21)46-13-33(14-47-26-6-2-18(30(40)41)10-22(26)35,15-48-27-7-3-19(31(42)43)11-23(27)36)16-49-28-8-4-20(32(44)45)12-24(28)37/h1-12H,13-16H2,(H3,38,39)(H3,40,41)(H3,42,43)(H3,44,45). The van der Waals surface area contributed by atoms with Crippen molar-refractivity contribution in [2.24, 2.45) is 28.3 Å². The second-order valence-corrected chi connectivity index (χ2v) is 14.3. The van der Waals surface area contributed by atoms with E-state index in [1.807, 2.05) is 0 Å². The van der Waals surface area contributed by atoms with Crippen LogP contribution < -0.4 is 41.9 Å². The first-order chi connectivity index (χ1) is 23.2. The lowest BCUT2D eigenvalue weighted by molar-refractivity contribution is -0.00425. The summed E-state index contributed by atoms with van der Waals surface area (Å²) in [6.07, 6.45) is 0. The molecule has 0 aromatic heterocycles. The number of nitrogens with one attached hydrogen (secondary N) is 4. The molecule has 0 fully saturated rings. The largest absolute Gasteiger partial charge is 0.491 e. The minimum Gasteiger partial charge on any atom is -0.491 e. The van der Waals surface area contributed by atoms with Crippen LogP contribution in [0, 0.1) is 27.1 Å². The van der Waals surface area contributed by atoms with Gasteiger partial charge in [-0.25, -0.2) is 0 Å². The van der Waals surface area contributed by atoms with Crippen LogP contribution >= 0.6 is 63.7 Å². The molecule has 0 radical (unpaired) electrons. The number of benzene rings is 4. The average Bonchev–Trinajstić information content (AvgIpc) is 3.05. The van der Waals surface area contributed by atoms with Crippen LogP contribution in [0.3, 0.4) is 0 Å². The highest BCUT2D eigenvalue weighted by Gasteiger charge is 2.37. The van der Waals surface area contributed by atoms with Gasteiger partial charge in [0.2, 0.25) is 0 Å². The van der Waals surface area contributed by atoms with E-state index in [1.165, 1.54) is 0 Å². The third kappa shape index (κ3) is 9.97. The molecule has 12 nitrogen and oxygen atoms in total. The summed E-state index contributed by atoms with van der Waals surface area (Å²) in [5.41, 5.74) is 23.8. The van der Waals surface area contributed by atoms with Crippen LogP contribution in [0.5, 0.6) is 23.0 Å². The van der Waals surface area contributed by atoms with Gasteiger partial charge < -0.3 is 41.9 Å². The Labute approximate surface area is 316 Å². The van der Waals surface area contributed by atoms with Gasteiger partial charge in [0.1, 0.15) is 78.2 Å². The van der Waals surface area contributed by atoms with Gasteiger partial charge in [0.15, 0.2) is 0 Å². The molecule has 12 N–H and O–H groups in total. The molecule has 16 heteroatoms. The van der Waals surface area contributed by atoms with Crippen molar-refractivity contribution in [1.82, 2.24) is 0 Å². The summed E-state index contributed by atoms with van der Waals surface area (Å²) in [4.78, 5) is 0. The number of amidine groups is 4. The third-order valence-corrected chi connectivity index (χ3v) is 9.59. The van der Waals surface area contributed by atoms with Crippen LogP contribution in [0.4, 0.5) is 0 Å². The van der Waals surface area contributed by atoms with E-state index in [-0.39, 0.29) is 49.8 Å². The van der Waals surface area contributed by atoms with Gasteiger partial charge >= 0.3 is 0 Å². The lowest BCUT2D eigenvalue weighted by Gasteiger charge is -2.33. The van der Waals surface area contributed by atoms with E-state index < -0.39 is 5.41 Å². The maximum atomic E-state index is 7.77. The van der Waals surface area contributed by atoms with E-state index >= 15 is 0 Å². The van der Waals surface area contributed by atoms with Gasteiger partial charge in [-0.15, -0.1) is 0 Å². The molecule has 0 atom stereocenters. The van der Waals surface area contributed by atoms with Gasteiger partial charge in [-0.3, -0.25) is 21.6 Å².